The van der Waals surface area contributed by atoms with Crippen LogP contribution in [0.5, 0.6) is 5.75 Å². The summed E-state index contributed by atoms with van der Waals surface area (Å²) in [5.74, 6) is 3.99. The number of alkyl halides is 1. The molecule has 8 atom stereocenters. The van der Waals surface area contributed by atoms with Gasteiger partial charge in [-0.15, -0.1) is 6.42 Å². The molecule has 1 aromatic rings. The van der Waals surface area contributed by atoms with Gasteiger partial charge in [0.15, 0.2) is 20.9 Å². The fourth-order valence-electron chi connectivity index (χ4n) is 5.92. The van der Waals surface area contributed by atoms with Gasteiger partial charge in [-0.1, -0.05) is 73.0 Å². The Labute approximate surface area is 269 Å². The van der Waals surface area contributed by atoms with Crippen molar-refractivity contribution in [2.75, 3.05) is 19.8 Å². The van der Waals surface area contributed by atoms with Crippen molar-refractivity contribution in [2.24, 2.45) is 11.8 Å². The molecule has 2 heterocycles. The van der Waals surface area contributed by atoms with E-state index in [1.165, 1.54) is 0 Å². The zero-order valence-electron chi connectivity index (χ0n) is 26.8. The van der Waals surface area contributed by atoms with Gasteiger partial charge in [0.2, 0.25) is 0 Å². The van der Waals surface area contributed by atoms with Gasteiger partial charge in [0, 0.05) is 19.1 Å². The van der Waals surface area contributed by atoms with E-state index in [1.54, 1.807) is 0 Å². The molecule has 0 radical (unpaired) electrons. The van der Waals surface area contributed by atoms with Crippen molar-refractivity contribution < 1.29 is 28.1 Å². The summed E-state index contributed by atoms with van der Waals surface area (Å²) in [7, 11) is -2.05. The van der Waals surface area contributed by atoms with E-state index in [4.69, 9.17) is 34.5 Å². The molecule has 6 nitrogen and oxygen atoms in total. The topological polar surface area (TPSA) is 55.4 Å². The number of para-hydroxylation sites is 1. The number of benzene rings is 1. The fraction of sp³-hybridized carbons (Fsp3) is 0.714. The maximum atomic E-state index is 7.12. The van der Waals surface area contributed by atoms with E-state index in [0.29, 0.717) is 6.61 Å². The highest BCUT2D eigenvalue weighted by Gasteiger charge is 2.49. The molecule has 1 saturated carbocycles. The first-order valence-corrected chi connectivity index (χ1v) is 20.1. The monoisotopic (exact) mass is 676 g/mol. The Bertz CT molecular complexity index is 1030. The normalized spacial score (nSPS) is 30.2. The van der Waals surface area contributed by atoms with Gasteiger partial charge >= 0.3 is 0 Å². The molecule has 8 heteroatoms. The molecule has 0 N–H and O–H groups in total. The van der Waals surface area contributed by atoms with Crippen LogP contribution in [0, 0.1) is 24.2 Å². The summed E-state index contributed by atoms with van der Waals surface area (Å²) in [6, 6.07) is 9.89. The lowest BCUT2D eigenvalue weighted by Crippen LogP contribution is -2.45. The quantitative estimate of drug-likeness (QED) is 0.0908. The summed E-state index contributed by atoms with van der Waals surface area (Å²) in [5.41, 5.74) is 0. The van der Waals surface area contributed by atoms with Gasteiger partial charge in [0.05, 0.1) is 17.0 Å². The van der Waals surface area contributed by atoms with Gasteiger partial charge in [-0.3, -0.25) is 0 Å². The number of hydrogen-bond acceptors (Lipinski definition) is 6. The van der Waals surface area contributed by atoms with Crippen LogP contribution in [0.3, 0.4) is 0 Å². The third-order valence-electron chi connectivity index (χ3n) is 9.41. The van der Waals surface area contributed by atoms with Crippen LogP contribution < -0.4 is 4.74 Å². The summed E-state index contributed by atoms with van der Waals surface area (Å²) in [6.45, 7) is 13.4. The van der Waals surface area contributed by atoms with E-state index in [2.05, 4.69) is 67.9 Å². The predicted octanol–water partition coefficient (Wildman–Crippen LogP) is 8.26. The Morgan fingerprint density at radius 1 is 1.02 bits per heavy atom. The molecule has 43 heavy (non-hydrogen) atoms. The van der Waals surface area contributed by atoms with Gasteiger partial charge in [0.1, 0.15) is 18.5 Å². The number of terminal acetylenes is 1. The van der Waals surface area contributed by atoms with Crippen LogP contribution in [0.1, 0.15) is 72.1 Å². The predicted molar refractivity (Wildman–Crippen MR) is 178 cm³/mol. The van der Waals surface area contributed by atoms with E-state index >= 15 is 0 Å². The Hall–Kier alpha value is -1.18. The van der Waals surface area contributed by atoms with Gasteiger partial charge < -0.3 is 28.1 Å². The minimum absolute atomic E-state index is 0.0409. The average molecular weight is 678 g/mol. The Balaban J connectivity index is 1.60. The first-order valence-electron chi connectivity index (χ1n) is 16.2. The third-order valence-corrected chi connectivity index (χ3v) is 14.6. The van der Waals surface area contributed by atoms with Crippen molar-refractivity contribution in [1.82, 2.24) is 0 Å². The summed E-state index contributed by atoms with van der Waals surface area (Å²) in [6.07, 6.45) is 17.5. The molecule has 2 saturated heterocycles. The smallest absolute Gasteiger partial charge is 0.192 e. The molecule has 2 unspecified atom stereocenters. The molecule has 2 aliphatic heterocycles. The van der Waals surface area contributed by atoms with Crippen molar-refractivity contribution in [3.63, 3.8) is 0 Å². The minimum atomic E-state index is -2.05. The summed E-state index contributed by atoms with van der Waals surface area (Å²) >= 11 is 3.74. The lowest BCUT2D eigenvalue weighted by Gasteiger charge is -2.40. The van der Waals surface area contributed by atoms with Crippen LogP contribution in [0.25, 0.3) is 0 Å². The van der Waals surface area contributed by atoms with Crippen LogP contribution in [0.15, 0.2) is 42.5 Å². The lowest BCUT2D eigenvalue weighted by molar-refractivity contribution is -0.193. The Morgan fingerprint density at radius 2 is 1.70 bits per heavy atom. The van der Waals surface area contributed by atoms with Crippen molar-refractivity contribution >= 4 is 24.2 Å². The molecule has 4 rings (SSSR count). The maximum absolute atomic E-state index is 7.12. The molecule has 0 spiro atoms. The number of ether oxygens (including phenoxy) is 5. The Kier molecular flexibility index (Phi) is 13.2. The zero-order valence-corrected chi connectivity index (χ0v) is 29.4. The average Bonchev–Trinajstić information content (AvgIpc) is 3.29. The molecule has 1 aromatic carbocycles. The third kappa shape index (κ3) is 10.4. The molecule has 0 bridgehead atoms. The van der Waals surface area contributed by atoms with Gasteiger partial charge in [0.25, 0.3) is 0 Å². The lowest BCUT2D eigenvalue weighted by atomic mass is 9.88. The van der Waals surface area contributed by atoms with Gasteiger partial charge in [-0.2, -0.15) is 0 Å². The summed E-state index contributed by atoms with van der Waals surface area (Å²) in [5, 5.41) is 0.0991. The van der Waals surface area contributed by atoms with Crippen LogP contribution in [0.4, 0.5) is 0 Å². The van der Waals surface area contributed by atoms with Crippen molar-refractivity contribution in [1.29, 1.82) is 0 Å². The van der Waals surface area contributed by atoms with Gasteiger partial charge in [-0.25, -0.2) is 0 Å². The van der Waals surface area contributed by atoms with E-state index in [0.717, 1.165) is 70.3 Å². The van der Waals surface area contributed by atoms with E-state index in [1.807, 2.05) is 30.3 Å². The molecule has 3 aliphatic rings. The minimum Gasteiger partial charge on any atom is -0.491 e. The second kappa shape index (κ2) is 16.4. The highest BCUT2D eigenvalue weighted by Crippen LogP contribution is 2.46. The summed E-state index contributed by atoms with van der Waals surface area (Å²) < 4.78 is 38.5. The standard InChI is InChI=1S/C35H53BrO6Si/c1-7-26(36)23-30-29(20-19-28(40-33-17-11-13-21-37-33)25-39-27-15-9-8-10-16-27)31(41-34-18-12-14-22-38-34)24-32(30)42-43(5,6)35(2,3)4/h1,8-10,15-16,19-20,26,28-34H,11-14,17-18,21-25H2,2-6H3/b20-19+/t26-,28-,29-,30-,31-,32+,33?,34?/m1/s1. The fourth-order valence-corrected chi connectivity index (χ4v) is 7.73. The van der Waals surface area contributed by atoms with Crippen LogP contribution in [0.2, 0.25) is 18.1 Å². The van der Waals surface area contributed by atoms with E-state index in [9.17, 15) is 0 Å². The van der Waals surface area contributed by atoms with Crippen LogP contribution >= 0.6 is 15.9 Å². The second-order valence-electron chi connectivity index (χ2n) is 13.7. The number of rotatable bonds is 13. The highest BCUT2D eigenvalue weighted by molar-refractivity contribution is 9.09. The number of halogens is 1. The molecule has 240 valence electrons. The van der Waals surface area contributed by atoms with Gasteiger partial charge in [-0.05, 0) is 87.5 Å². The highest BCUT2D eigenvalue weighted by atomic mass is 79.9. The molecular weight excluding hydrogens is 624 g/mol. The van der Waals surface area contributed by atoms with Crippen LogP contribution in [-0.4, -0.2) is 63.9 Å². The summed E-state index contributed by atoms with van der Waals surface area (Å²) in [4.78, 5) is -0.0484. The first-order chi connectivity index (χ1) is 20.6. The number of hydrogen-bond donors (Lipinski definition) is 0. The molecule has 0 aromatic heterocycles. The Morgan fingerprint density at radius 3 is 2.30 bits per heavy atom. The van der Waals surface area contributed by atoms with Crippen molar-refractivity contribution in [2.45, 2.75) is 126 Å². The second-order valence-corrected chi connectivity index (χ2v) is 19.6. The molecule has 3 fully saturated rings. The zero-order chi connectivity index (χ0) is 30.9. The molecule has 0 amide bonds. The van der Waals surface area contributed by atoms with Crippen molar-refractivity contribution in [3.05, 3.63) is 42.5 Å². The van der Waals surface area contributed by atoms with E-state index in [-0.39, 0.29) is 52.6 Å². The largest absolute Gasteiger partial charge is 0.491 e. The van der Waals surface area contributed by atoms with Crippen molar-refractivity contribution in [3.8, 4) is 18.1 Å². The SMILES string of the molecule is C#C[C@@H](Br)C[C@@H]1[C@@H](/C=C/[C@H](COc2ccccc2)OC2CCCCO2)[C@H](OC2CCCCO2)C[C@@H]1O[Si](C)(C)C(C)(C)C. The maximum Gasteiger partial charge on any atom is 0.192 e. The van der Waals surface area contributed by atoms with Crippen LogP contribution in [-0.2, 0) is 23.4 Å². The molecular formula is C35H53BrO6Si. The van der Waals surface area contributed by atoms with E-state index < -0.39 is 8.32 Å². The first kappa shape index (κ1) is 34.7. The molecule has 1 aliphatic carbocycles.